The van der Waals surface area contributed by atoms with Gasteiger partial charge in [0.2, 0.25) is 0 Å². The van der Waals surface area contributed by atoms with Crippen LogP contribution in [-0.2, 0) is 11.3 Å². The minimum Gasteiger partial charge on any atom is -0.394 e. The molecule has 3 heterocycles. The number of aromatic nitrogens is 2. The molecule has 0 spiro atoms. The highest BCUT2D eigenvalue weighted by molar-refractivity contribution is 5.65. The summed E-state index contributed by atoms with van der Waals surface area (Å²) in [5.74, 6) is 0.344. The number of nitrogens with zero attached hydrogens (tertiary/aromatic N) is 4. The maximum Gasteiger partial charge on any atom is 0.175 e. The van der Waals surface area contributed by atoms with E-state index in [0.29, 0.717) is 18.1 Å². The lowest BCUT2D eigenvalue weighted by molar-refractivity contribution is -0.0522. The van der Waals surface area contributed by atoms with Crippen LogP contribution in [0.3, 0.4) is 0 Å². The molecular formula is C17H20N4O5. The van der Waals surface area contributed by atoms with Crippen molar-refractivity contribution in [1.29, 1.82) is 0 Å². The average molecular weight is 360 g/mol. The molecule has 1 saturated heterocycles. The second kappa shape index (κ2) is 6.78. The second-order valence-corrected chi connectivity index (χ2v) is 6.37. The number of hydrogen-bond acceptors (Lipinski definition) is 8. The summed E-state index contributed by atoms with van der Waals surface area (Å²) in [6.07, 6.45) is -2.36. The summed E-state index contributed by atoms with van der Waals surface area (Å²) in [4.78, 5) is 10.2. The molecule has 4 N–H and O–H groups in total. The van der Waals surface area contributed by atoms with Crippen LogP contribution in [-0.4, -0.2) is 66.1 Å². The molecule has 2 aliphatic heterocycles. The molecule has 5 atom stereocenters. The first-order valence-corrected chi connectivity index (χ1v) is 8.31. The van der Waals surface area contributed by atoms with Crippen molar-refractivity contribution >= 4 is 12.2 Å². The van der Waals surface area contributed by atoms with Crippen molar-refractivity contribution in [3.05, 3.63) is 47.9 Å². The van der Waals surface area contributed by atoms with Crippen LogP contribution in [0.4, 0.5) is 5.82 Å². The summed E-state index contributed by atoms with van der Waals surface area (Å²) in [6, 6.07) is 9.67. The standard InChI is InChI=1S/C17H20N4O5/c22-7-11-13(23)14(24)17(26-11)21-9-18-12-15(21)19-8-20(16(12)25)6-10-4-2-1-3-5-10/h1-5,8-9,11,13-14,16-17,22-25H,6-7H2/t11-,13?,14?,16?,17-/m1/s1. The lowest BCUT2D eigenvalue weighted by Gasteiger charge is -2.28. The first kappa shape index (κ1) is 17.1. The smallest absolute Gasteiger partial charge is 0.175 e. The summed E-state index contributed by atoms with van der Waals surface area (Å²) >= 11 is 0. The van der Waals surface area contributed by atoms with Gasteiger partial charge < -0.3 is 30.1 Å². The number of rotatable bonds is 4. The van der Waals surface area contributed by atoms with Gasteiger partial charge in [-0.15, -0.1) is 0 Å². The molecule has 0 bridgehead atoms. The first-order valence-electron chi connectivity index (χ1n) is 8.31. The summed E-state index contributed by atoms with van der Waals surface area (Å²) in [6.45, 7) is 0.0496. The fourth-order valence-electron chi connectivity index (χ4n) is 3.25. The Bertz CT molecular complexity index is 796. The van der Waals surface area contributed by atoms with Gasteiger partial charge in [-0.3, -0.25) is 4.57 Å². The third-order valence-electron chi connectivity index (χ3n) is 4.68. The van der Waals surface area contributed by atoms with Gasteiger partial charge in [0.1, 0.15) is 24.0 Å². The molecule has 138 valence electrons. The monoisotopic (exact) mass is 360 g/mol. The summed E-state index contributed by atoms with van der Waals surface area (Å²) in [7, 11) is 0. The molecule has 2 aliphatic rings. The third-order valence-corrected chi connectivity index (χ3v) is 4.68. The Morgan fingerprint density at radius 1 is 1.08 bits per heavy atom. The van der Waals surface area contributed by atoms with Gasteiger partial charge in [0.25, 0.3) is 0 Å². The number of ether oxygens (including phenoxy) is 1. The van der Waals surface area contributed by atoms with Crippen molar-refractivity contribution < 1.29 is 25.2 Å². The fourth-order valence-corrected chi connectivity index (χ4v) is 3.25. The van der Waals surface area contributed by atoms with Crippen LogP contribution < -0.4 is 0 Å². The van der Waals surface area contributed by atoms with E-state index in [1.807, 2.05) is 30.3 Å². The van der Waals surface area contributed by atoms with E-state index < -0.39 is 37.4 Å². The zero-order valence-electron chi connectivity index (χ0n) is 13.8. The molecule has 9 nitrogen and oxygen atoms in total. The van der Waals surface area contributed by atoms with Crippen molar-refractivity contribution in [1.82, 2.24) is 14.5 Å². The minimum absolute atomic E-state index is 0.334. The summed E-state index contributed by atoms with van der Waals surface area (Å²) < 4.78 is 6.96. The van der Waals surface area contributed by atoms with E-state index in [1.54, 1.807) is 4.90 Å². The highest BCUT2D eigenvalue weighted by atomic mass is 16.6. The van der Waals surface area contributed by atoms with E-state index in [1.165, 1.54) is 17.2 Å². The highest BCUT2D eigenvalue weighted by Gasteiger charge is 2.44. The molecule has 1 aromatic carbocycles. The Balaban J connectivity index is 1.58. The average Bonchev–Trinajstić information content (AvgIpc) is 3.20. The summed E-state index contributed by atoms with van der Waals surface area (Å²) in [5.41, 5.74) is 1.35. The van der Waals surface area contributed by atoms with Crippen LogP contribution in [0.25, 0.3) is 0 Å². The molecule has 9 heteroatoms. The van der Waals surface area contributed by atoms with Crippen LogP contribution in [0.1, 0.15) is 23.7 Å². The van der Waals surface area contributed by atoms with E-state index in [4.69, 9.17) is 4.74 Å². The fraction of sp³-hybridized carbons (Fsp3) is 0.412. The Morgan fingerprint density at radius 2 is 1.85 bits per heavy atom. The Kier molecular flexibility index (Phi) is 4.47. The molecule has 26 heavy (non-hydrogen) atoms. The van der Waals surface area contributed by atoms with E-state index >= 15 is 0 Å². The topological polar surface area (TPSA) is 124 Å². The van der Waals surface area contributed by atoms with E-state index in [2.05, 4.69) is 9.98 Å². The van der Waals surface area contributed by atoms with Gasteiger partial charge in [0, 0.05) is 6.54 Å². The second-order valence-electron chi connectivity index (χ2n) is 6.37. The highest BCUT2D eigenvalue weighted by Crippen LogP contribution is 2.37. The molecule has 0 aliphatic carbocycles. The van der Waals surface area contributed by atoms with Gasteiger partial charge in [0.05, 0.1) is 19.3 Å². The van der Waals surface area contributed by atoms with Crippen LogP contribution in [0.5, 0.6) is 0 Å². The molecule has 3 unspecified atom stereocenters. The van der Waals surface area contributed by atoms with E-state index in [9.17, 15) is 20.4 Å². The van der Waals surface area contributed by atoms with Gasteiger partial charge in [0.15, 0.2) is 18.3 Å². The molecule has 1 fully saturated rings. The lowest BCUT2D eigenvalue weighted by atomic mass is 10.1. The van der Waals surface area contributed by atoms with Crippen molar-refractivity contribution in [2.24, 2.45) is 4.99 Å². The van der Waals surface area contributed by atoms with Crippen molar-refractivity contribution in [3.8, 4) is 0 Å². The zero-order chi connectivity index (χ0) is 18.3. The number of fused-ring (bicyclic) bond motifs is 1. The van der Waals surface area contributed by atoms with Gasteiger partial charge in [-0.1, -0.05) is 30.3 Å². The molecule has 1 aromatic heterocycles. The van der Waals surface area contributed by atoms with Crippen molar-refractivity contribution in [3.63, 3.8) is 0 Å². The van der Waals surface area contributed by atoms with Gasteiger partial charge in [-0.2, -0.15) is 0 Å². The van der Waals surface area contributed by atoms with Crippen LogP contribution >= 0.6 is 0 Å². The number of aliphatic imine (C=N–C) groups is 1. The number of benzene rings is 1. The molecule has 0 radical (unpaired) electrons. The number of hydrogen-bond donors (Lipinski definition) is 4. The van der Waals surface area contributed by atoms with Crippen molar-refractivity contribution in [2.45, 2.75) is 37.3 Å². The maximum absolute atomic E-state index is 10.6. The Morgan fingerprint density at radius 3 is 2.54 bits per heavy atom. The zero-order valence-corrected chi connectivity index (χ0v) is 13.8. The van der Waals surface area contributed by atoms with E-state index in [0.717, 1.165) is 5.56 Å². The predicted octanol–water partition coefficient (Wildman–Crippen LogP) is -0.339. The van der Waals surface area contributed by atoms with Gasteiger partial charge in [-0.25, -0.2) is 9.98 Å². The quantitative estimate of drug-likeness (QED) is 0.588. The number of aliphatic hydroxyl groups excluding tert-OH is 4. The van der Waals surface area contributed by atoms with Crippen LogP contribution in [0.15, 0.2) is 41.7 Å². The van der Waals surface area contributed by atoms with Gasteiger partial charge in [-0.05, 0) is 5.56 Å². The third kappa shape index (κ3) is 2.79. The summed E-state index contributed by atoms with van der Waals surface area (Å²) in [5, 5.41) is 40.0. The lowest BCUT2D eigenvalue weighted by Crippen LogP contribution is -2.33. The van der Waals surface area contributed by atoms with Gasteiger partial charge >= 0.3 is 0 Å². The molecular weight excluding hydrogens is 340 g/mol. The number of imidazole rings is 1. The SMILES string of the molecule is OC[C@H]1O[C@@H](n2cnc3c2N=CN(Cc2ccccc2)C3O)C(O)C1O. The Hall–Kier alpha value is -2.30. The molecule has 2 aromatic rings. The molecule has 0 amide bonds. The van der Waals surface area contributed by atoms with E-state index in [-0.39, 0.29) is 0 Å². The number of aliphatic hydroxyl groups is 4. The largest absolute Gasteiger partial charge is 0.394 e. The molecule has 4 rings (SSSR count). The maximum atomic E-state index is 10.6. The molecule has 0 saturated carbocycles. The van der Waals surface area contributed by atoms with Crippen LogP contribution in [0.2, 0.25) is 0 Å². The Labute approximate surface area is 149 Å². The normalized spacial score (nSPS) is 30.6. The minimum atomic E-state index is -1.24. The predicted molar refractivity (Wildman–Crippen MR) is 90.3 cm³/mol. The van der Waals surface area contributed by atoms with Crippen LogP contribution in [0, 0.1) is 0 Å². The van der Waals surface area contributed by atoms with Crippen molar-refractivity contribution in [2.75, 3.05) is 6.61 Å². The first-order chi connectivity index (χ1) is 12.6.